The number of phosphoric acid groups is 1. The number of nitrogens with zero attached hydrogens (tertiary/aromatic N) is 1. The van der Waals surface area contributed by atoms with Gasteiger partial charge in [-0.3, -0.25) is 13.8 Å². The van der Waals surface area contributed by atoms with E-state index < -0.39 is 20.0 Å². The topological polar surface area (TPSA) is 105 Å². The van der Waals surface area contributed by atoms with Crippen molar-refractivity contribution in [3.05, 3.63) is 48.6 Å². The molecule has 0 rings (SSSR count). The molecule has 0 aliphatic rings. The lowest BCUT2D eigenvalue weighted by molar-refractivity contribution is -0.870. The number of hydrogen-bond acceptors (Lipinski definition) is 5. The molecule has 3 atom stereocenters. The standard InChI is InChI=1S/C63H121N2O6P/c1-6-8-10-12-14-16-18-20-22-24-26-28-30-31-32-33-35-36-38-40-42-44-46-48-50-52-54-56-62(66)61(60-71-72(68,69)70-59-58-65(3,4)5)64-63(67)57-55-53-51-49-47-45-43-41-39-37-34-29-27-25-23-21-19-17-15-13-11-9-7-2/h19,21,25,27,34,37,54,56,61-62,66H,6-18,20,22-24,26,28-33,35-36,38-53,55,57-60H2,1-5H3,(H-,64,67,68,69)/p+1/b21-19-,27-25-,37-34-,56-54+. The number of rotatable bonds is 57. The number of aliphatic hydroxyl groups excluding tert-OH is 1. The predicted molar refractivity (Wildman–Crippen MR) is 314 cm³/mol. The van der Waals surface area contributed by atoms with E-state index in [1.165, 1.54) is 218 Å². The molecule has 0 spiro atoms. The Morgan fingerprint density at radius 3 is 1.15 bits per heavy atom. The monoisotopic (exact) mass is 1030 g/mol. The largest absolute Gasteiger partial charge is 0.472 e. The second-order valence-corrected chi connectivity index (χ2v) is 23.9. The summed E-state index contributed by atoms with van der Waals surface area (Å²) in [5.74, 6) is -0.182. The second-order valence-electron chi connectivity index (χ2n) is 22.4. The Morgan fingerprint density at radius 1 is 0.472 bits per heavy atom. The molecular formula is C63H122N2O6P+. The third-order valence-electron chi connectivity index (χ3n) is 14.0. The Bertz CT molecular complexity index is 1310. The summed E-state index contributed by atoms with van der Waals surface area (Å²) < 4.78 is 23.8. The number of likely N-dealkylation sites (N-methyl/N-ethyl adjacent to an activating group) is 1. The molecule has 8 nitrogen and oxygen atoms in total. The van der Waals surface area contributed by atoms with Gasteiger partial charge in [0.2, 0.25) is 5.91 Å². The molecule has 3 unspecified atom stereocenters. The summed E-state index contributed by atoms with van der Waals surface area (Å²) in [5, 5.41) is 14.0. The van der Waals surface area contributed by atoms with Crippen LogP contribution in [0.1, 0.15) is 296 Å². The summed E-state index contributed by atoms with van der Waals surface area (Å²) in [6.07, 6.45) is 72.2. The van der Waals surface area contributed by atoms with Gasteiger partial charge in [0, 0.05) is 6.42 Å². The number of amides is 1. The van der Waals surface area contributed by atoms with Crippen LogP contribution in [-0.4, -0.2) is 73.4 Å². The van der Waals surface area contributed by atoms with Gasteiger partial charge in [0.25, 0.3) is 0 Å². The van der Waals surface area contributed by atoms with Gasteiger partial charge in [-0.15, -0.1) is 0 Å². The van der Waals surface area contributed by atoms with E-state index in [4.69, 9.17) is 9.05 Å². The van der Waals surface area contributed by atoms with Crippen molar-refractivity contribution in [2.45, 2.75) is 309 Å². The van der Waals surface area contributed by atoms with Gasteiger partial charge in [0.15, 0.2) is 0 Å². The first-order valence-corrected chi connectivity index (χ1v) is 32.5. The van der Waals surface area contributed by atoms with Gasteiger partial charge in [-0.2, -0.15) is 0 Å². The average molecular weight is 1030 g/mol. The normalized spacial score (nSPS) is 14.2. The van der Waals surface area contributed by atoms with Crippen LogP contribution in [0.5, 0.6) is 0 Å². The van der Waals surface area contributed by atoms with E-state index in [2.05, 4.69) is 55.6 Å². The smallest absolute Gasteiger partial charge is 0.387 e. The first-order valence-electron chi connectivity index (χ1n) is 31.0. The number of phosphoric ester groups is 1. The molecule has 0 saturated heterocycles. The maximum Gasteiger partial charge on any atom is 0.472 e. The van der Waals surface area contributed by atoms with Gasteiger partial charge in [-0.25, -0.2) is 4.57 Å². The van der Waals surface area contributed by atoms with E-state index in [-0.39, 0.29) is 19.1 Å². The molecule has 0 bridgehead atoms. The number of nitrogens with one attached hydrogen (secondary N) is 1. The van der Waals surface area contributed by atoms with Gasteiger partial charge >= 0.3 is 7.82 Å². The number of carbonyl (C=O) groups excluding carboxylic acids is 1. The Kier molecular flexibility index (Phi) is 53.1. The highest BCUT2D eigenvalue weighted by Crippen LogP contribution is 2.43. The van der Waals surface area contributed by atoms with Gasteiger partial charge in [0.05, 0.1) is 39.9 Å². The maximum absolute atomic E-state index is 13.0. The van der Waals surface area contributed by atoms with E-state index in [9.17, 15) is 19.4 Å². The summed E-state index contributed by atoms with van der Waals surface area (Å²) in [6, 6.07) is -0.853. The third kappa shape index (κ3) is 56.2. The quantitative estimate of drug-likeness (QED) is 0.0243. The minimum Gasteiger partial charge on any atom is -0.387 e. The highest BCUT2D eigenvalue weighted by molar-refractivity contribution is 7.47. The summed E-state index contributed by atoms with van der Waals surface area (Å²) >= 11 is 0. The zero-order valence-corrected chi connectivity index (χ0v) is 49.3. The molecule has 3 N–H and O–H groups in total. The Morgan fingerprint density at radius 2 is 0.792 bits per heavy atom. The van der Waals surface area contributed by atoms with Crippen LogP contribution in [0.3, 0.4) is 0 Å². The van der Waals surface area contributed by atoms with Crippen LogP contribution in [0.4, 0.5) is 0 Å². The van der Waals surface area contributed by atoms with Crippen molar-refractivity contribution in [2.75, 3.05) is 40.9 Å². The molecule has 0 radical (unpaired) electrons. The van der Waals surface area contributed by atoms with Crippen molar-refractivity contribution in [1.29, 1.82) is 0 Å². The third-order valence-corrected chi connectivity index (χ3v) is 15.0. The fraction of sp³-hybridized carbons (Fsp3) is 0.857. The zero-order valence-electron chi connectivity index (χ0n) is 48.4. The molecule has 0 aromatic carbocycles. The second kappa shape index (κ2) is 54.3. The average Bonchev–Trinajstić information content (AvgIpc) is 3.34. The van der Waals surface area contributed by atoms with Gasteiger partial charge in [-0.1, -0.05) is 281 Å². The summed E-state index contributed by atoms with van der Waals surface area (Å²) in [7, 11) is 1.57. The number of quaternary nitrogens is 1. The lowest BCUT2D eigenvalue weighted by Crippen LogP contribution is -2.45. The van der Waals surface area contributed by atoms with Crippen molar-refractivity contribution in [2.24, 2.45) is 0 Å². The molecule has 0 saturated carbocycles. The van der Waals surface area contributed by atoms with Crippen molar-refractivity contribution in [1.82, 2.24) is 5.32 Å². The number of hydrogen-bond donors (Lipinski definition) is 3. The first kappa shape index (κ1) is 70.5. The summed E-state index contributed by atoms with van der Waals surface area (Å²) in [4.78, 5) is 23.3. The fourth-order valence-electron chi connectivity index (χ4n) is 9.17. The predicted octanol–water partition coefficient (Wildman–Crippen LogP) is 19.1. The van der Waals surface area contributed by atoms with Crippen molar-refractivity contribution < 1.29 is 32.9 Å². The van der Waals surface area contributed by atoms with Crippen LogP contribution in [0.15, 0.2) is 48.6 Å². The van der Waals surface area contributed by atoms with Crippen molar-refractivity contribution in [3.63, 3.8) is 0 Å². The number of allylic oxidation sites excluding steroid dienone is 7. The van der Waals surface area contributed by atoms with Crippen molar-refractivity contribution >= 4 is 13.7 Å². The summed E-state index contributed by atoms with van der Waals surface area (Å²) in [6.45, 7) is 4.83. The molecule has 424 valence electrons. The Labute approximate surface area is 448 Å². The van der Waals surface area contributed by atoms with E-state index in [1.807, 2.05) is 27.2 Å². The maximum atomic E-state index is 13.0. The lowest BCUT2D eigenvalue weighted by Gasteiger charge is -2.25. The fourth-order valence-corrected chi connectivity index (χ4v) is 9.91. The van der Waals surface area contributed by atoms with Crippen LogP contribution in [0.2, 0.25) is 0 Å². The van der Waals surface area contributed by atoms with Crippen LogP contribution >= 0.6 is 7.82 Å². The molecule has 0 fully saturated rings. The molecular weight excluding hydrogens is 912 g/mol. The minimum atomic E-state index is -4.35. The minimum absolute atomic E-state index is 0.0592. The highest BCUT2D eigenvalue weighted by atomic mass is 31.2. The number of aliphatic hydroxyl groups is 1. The van der Waals surface area contributed by atoms with Crippen LogP contribution in [0.25, 0.3) is 0 Å². The van der Waals surface area contributed by atoms with Gasteiger partial charge < -0.3 is 19.8 Å². The van der Waals surface area contributed by atoms with Crippen LogP contribution < -0.4 is 5.32 Å². The zero-order chi connectivity index (χ0) is 52.7. The van der Waals surface area contributed by atoms with Crippen LogP contribution in [0, 0.1) is 0 Å². The van der Waals surface area contributed by atoms with E-state index in [0.717, 1.165) is 57.8 Å². The molecule has 0 heterocycles. The molecule has 0 aliphatic heterocycles. The molecule has 0 aromatic heterocycles. The Hall–Kier alpha value is -1.54. The van der Waals surface area contributed by atoms with Gasteiger partial charge in [-0.05, 0) is 57.8 Å². The van der Waals surface area contributed by atoms with E-state index in [1.54, 1.807) is 6.08 Å². The molecule has 9 heteroatoms. The summed E-state index contributed by atoms with van der Waals surface area (Å²) in [5.41, 5.74) is 0. The molecule has 72 heavy (non-hydrogen) atoms. The number of carbonyl (C=O) groups is 1. The highest BCUT2D eigenvalue weighted by Gasteiger charge is 2.27. The van der Waals surface area contributed by atoms with Crippen LogP contribution in [-0.2, 0) is 18.4 Å². The van der Waals surface area contributed by atoms with Gasteiger partial charge in [0.1, 0.15) is 13.2 Å². The molecule has 1 amide bonds. The first-order chi connectivity index (χ1) is 35.0. The lowest BCUT2D eigenvalue weighted by atomic mass is 10.0. The number of unbranched alkanes of at least 4 members (excludes halogenated alkanes) is 38. The van der Waals surface area contributed by atoms with E-state index in [0.29, 0.717) is 17.4 Å². The molecule has 0 aromatic rings. The molecule has 0 aliphatic carbocycles. The van der Waals surface area contributed by atoms with E-state index >= 15 is 0 Å². The van der Waals surface area contributed by atoms with Crippen molar-refractivity contribution in [3.8, 4) is 0 Å². The SMILES string of the molecule is CCCCCCC/C=C\C/C=C\C/C=C\CCCCCCCCCCC(=O)NC(COP(=O)(O)OCC[N+](C)(C)C)C(O)/C=C/CCCCCCCCCCCCCCCCCCCCCCCCCCC. The Balaban J connectivity index is 4.18.